The Morgan fingerprint density at radius 3 is 2.72 bits per heavy atom. The van der Waals surface area contributed by atoms with Crippen LogP contribution in [0.5, 0.6) is 23.1 Å². The smallest absolute Gasteiger partial charge is 0.344 e. The zero-order valence-electron chi connectivity index (χ0n) is 20.1. The first kappa shape index (κ1) is 23.2. The number of hydrogen-bond donors (Lipinski definition) is 1. The number of hydrogen-bond acceptors (Lipinski definition) is 8. The summed E-state index contributed by atoms with van der Waals surface area (Å²) < 4.78 is 33.8. The fraction of sp³-hybridized carbons (Fsp3) is 0.0714. The number of phenols is 1. The lowest BCUT2D eigenvalue weighted by molar-refractivity contribution is 0.373. The summed E-state index contributed by atoms with van der Waals surface area (Å²) in [5, 5.41) is 15.4. The minimum Gasteiger partial charge on any atom is -0.504 e. The van der Waals surface area contributed by atoms with Crippen LogP contribution < -0.4 is 15.1 Å². The molecular weight excluding hydrogens is 527 g/mol. The molecule has 0 spiro atoms. The second kappa shape index (κ2) is 8.53. The lowest BCUT2D eigenvalue weighted by Crippen LogP contribution is -2.23. The van der Waals surface area contributed by atoms with Gasteiger partial charge in [0.1, 0.15) is 17.7 Å². The van der Waals surface area contributed by atoms with Crippen LogP contribution in [0.3, 0.4) is 0 Å². The van der Waals surface area contributed by atoms with Crippen molar-refractivity contribution in [1.29, 1.82) is 0 Å². The van der Waals surface area contributed by atoms with E-state index in [-0.39, 0.29) is 50.6 Å². The van der Waals surface area contributed by atoms with Crippen molar-refractivity contribution in [3.05, 3.63) is 105 Å². The van der Waals surface area contributed by atoms with E-state index in [1.165, 1.54) is 36.2 Å². The van der Waals surface area contributed by atoms with Crippen molar-refractivity contribution in [2.75, 3.05) is 7.11 Å². The van der Waals surface area contributed by atoms with Crippen molar-refractivity contribution in [3.63, 3.8) is 0 Å². The number of halogens is 2. The van der Waals surface area contributed by atoms with E-state index in [2.05, 4.69) is 15.1 Å². The third-order valence-corrected chi connectivity index (χ3v) is 7.02. The van der Waals surface area contributed by atoms with E-state index in [0.717, 1.165) is 0 Å². The molecule has 7 rings (SSSR count). The first-order valence-electron chi connectivity index (χ1n) is 11.7. The first-order valence-corrected chi connectivity index (χ1v) is 12.1. The molecule has 9 nitrogen and oxygen atoms in total. The molecule has 1 unspecified atom stereocenters. The molecule has 0 saturated heterocycles. The van der Waals surface area contributed by atoms with Crippen LogP contribution in [0.1, 0.15) is 22.6 Å². The maximum absolute atomic E-state index is 15.5. The molecule has 11 heteroatoms. The second-order valence-corrected chi connectivity index (χ2v) is 9.26. The largest absolute Gasteiger partial charge is 0.504 e. The normalized spacial score (nSPS) is 14.2. The van der Waals surface area contributed by atoms with Crippen LogP contribution in [0, 0.1) is 5.82 Å². The van der Waals surface area contributed by atoms with Crippen LogP contribution in [0.15, 0.2) is 76.2 Å². The van der Waals surface area contributed by atoms with Gasteiger partial charge in [-0.1, -0.05) is 29.8 Å². The van der Waals surface area contributed by atoms with Crippen molar-refractivity contribution in [3.8, 4) is 34.5 Å². The molecule has 0 bridgehead atoms. The Labute approximate surface area is 223 Å². The SMILES string of the molecule is COc1ccc(-c2nc3c4c(ncn3n2)Oc2c(c(=O)oc3ccccc23)C4c2c(F)cccc2Cl)cc1O. The third kappa shape index (κ3) is 3.45. The number of para-hydroxylation sites is 1. The number of aromatic hydroxyl groups is 1. The number of ether oxygens (including phenoxy) is 2. The Bertz CT molecular complexity index is 2000. The van der Waals surface area contributed by atoms with Gasteiger partial charge in [-0.2, -0.15) is 0 Å². The lowest BCUT2D eigenvalue weighted by Gasteiger charge is -2.28. The van der Waals surface area contributed by atoms with Crippen LogP contribution in [-0.4, -0.2) is 31.8 Å². The molecule has 1 aliphatic rings. The minimum atomic E-state index is -1.07. The monoisotopic (exact) mass is 542 g/mol. The zero-order chi connectivity index (χ0) is 26.8. The molecule has 0 saturated carbocycles. The summed E-state index contributed by atoms with van der Waals surface area (Å²) in [6.07, 6.45) is 1.41. The number of aromatic nitrogens is 4. The topological polar surface area (TPSA) is 112 Å². The van der Waals surface area contributed by atoms with Gasteiger partial charge in [-0.3, -0.25) is 0 Å². The molecule has 1 atom stereocenters. The molecule has 4 heterocycles. The van der Waals surface area contributed by atoms with Gasteiger partial charge in [0.05, 0.1) is 29.5 Å². The van der Waals surface area contributed by atoms with Gasteiger partial charge in [-0.15, -0.1) is 5.10 Å². The third-order valence-electron chi connectivity index (χ3n) is 6.69. The highest BCUT2D eigenvalue weighted by atomic mass is 35.5. The van der Waals surface area contributed by atoms with Gasteiger partial charge >= 0.3 is 5.63 Å². The van der Waals surface area contributed by atoms with Crippen LogP contribution in [0.2, 0.25) is 5.02 Å². The Kier molecular flexibility index (Phi) is 5.07. The van der Waals surface area contributed by atoms with Gasteiger partial charge in [0.15, 0.2) is 28.7 Å². The van der Waals surface area contributed by atoms with Gasteiger partial charge in [-0.05, 0) is 42.5 Å². The molecule has 3 aromatic heterocycles. The van der Waals surface area contributed by atoms with Gasteiger partial charge in [-0.25, -0.2) is 23.7 Å². The second-order valence-electron chi connectivity index (χ2n) is 8.85. The molecular formula is C28H16ClFN4O5. The first-order chi connectivity index (χ1) is 18.9. The molecule has 3 aromatic carbocycles. The number of nitrogens with zero attached hydrogens (tertiary/aromatic N) is 4. The van der Waals surface area contributed by atoms with Crippen molar-refractivity contribution < 1.29 is 23.4 Å². The van der Waals surface area contributed by atoms with Crippen LogP contribution >= 0.6 is 11.6 Å². The summed E-state index contributed by atoms with van der Waals surface area (Å²) in [7, 11) is 1.45. The fourth-order valence-corrected chi connectivity index (χ4v) is 5.23. The average molecular weight is 543 g/mol. The number of benzene rings is 3. The highest BCUT2D eigenvalue weighted by Gasteiger charge is 2.39. The van der Waals surface area contributed by atoms with E-state index in [1.807, 2.05) is 0 Å². The maximum Gasteiger partial charge on any atom is 0.344 e. The molecule has 1 aliphatic heterocycles. The van der Waals surface area contributed by atoms with Gasteiger partial charge in [0, 0.05) is 16.1 Å². The standard InChI is InChI=1S/C28H16ClFN4O5/c1-37-19-10-9-13(11-17(19)35)25-32-26-23-21(20-15(29)6-4-7-16(20)30)22-24(39-27(23)31-12-34(26)33-25)14-5-2-3-8-18(14)38-28(22)36/h2-12,21,35H,1H3. The molecule has 192 valence electrons. The summed E-state index contributed by atoms with van der Waals surface area (Å²) in [6, 6.07) is 15.9. The van der Waals surface area contributed by atoms with Crippen LogP contribution in [-0.2, 0) is 0 Å². The van der Waals surface area contributed by atoms with Crippen molar-refractivity contribution in [1.82, 2.24) is 19.6 Å². The molecule has 39 heavy (non-hydrogen) atoms. The van der Waals surface area contributed by atoms with E-state index >= 15 is 4.39 Å². The summed E-state index contributed by atoms with van der Waals surface area (Å²) in [5.41, 5.74) is 0.760. The lowest BCUT2D eigenvalue weighted by atomic mass is 9.83. The summed E-state index contributed by atoms with van der Waals surface area (Å²) in [6.45, 7) is 0. The van der Waals surface area contributed by atoms with E-state index in [0.29, 0.717) is 22.3 Å². The quantitative estimate of drug-likeness (QED) is 0.283. The van der Waals surface area contributed by atoms with E-state index < -0.39 is 17.4 Å². The Balaban J connectivity index is 1.54. The molecule has 6 aromatic rings. The van der Waals surface area contributed by atoms with E-state index in [1.54, 1.807) is 42.5 Å². The van der Waals surface area contributed by atoms with Crippen molar-refractivity contribution >= 4 is 28.2 Å². The molecule has 0 fully saturated rings. The minimum absolute atomic E-state index is 0.0501. The fourth-order valence-electron chi connectivity index (χ4n) is 4.96. The van der Waals surface area contributed by atoms with E-state index in [4.69, 9.17) is 25.5 Å². The summed E-state index contributed by atoms with van der Waals surface area (Å²) in [5.74, 6) is -0.928. The number of rotatable bonds is 3. The molecule has 0 amide bonds. The van der Waals surface area contributed by atoms with Crippen molar-refractivity contribution in [2.45, 2.75) is 5.92 Å². The van der Waals surface area contributed by atoms with E-state index in [9.17, 15) is 9.90 Å². The Morgan fingerprint density at radius 1 is 1.08 bits per heavy atom. The van der Waals surface area contributed by atoms with Crippen LogP contribution in [0.25, 0.3) is 28.0 Å². The van der Waals surface area contributed by atoms with Gasteiger partial charge < -0.3 is 19.0 Å². The predicted octanol–water partition coefficient (Wildman–Crippen LogP) is 5.69. The zero-order valence-corrected chi connectivity index (χ0v) is 20.8. The summed E-state index contributed by atoms with van der Waals surface area (Å²) in [4.78, 5) is 22.6. The molecule has 0 radical (unpaired) electrons. The number of methoxy groups -OCH3 is 1. The van der Waals surface area contributed by atoms with Crippen molar-refractivity contribution in [2.24, 2.45) is 0 Å². The van der Waals surface area contributed by atoms with Crippen LogP contribution in [0.4, 0.5) is 4.39 Å². The van der Waals surface area contributed by atoms with Gasteiger partial charge in [0.25, 0.3) is 0 Å². The Hall–Kier alpha value is -4.96. The average Bonchev–Trinajstić information content (AvgIpc) is 3.37. The number of phenolic OH excluding ortho intramolecular Hbond substituents is 1. The molecule has 1 N–H and O–H groups in total. The number of fused-ring (bicyclic) bond motifs is 6. The molecule has 0 aliphatic carbocycles. The predicted molar refractivity (Wildman–Crippen MR) is 139 cm³/mol. The maximum atomic E-state index is 15.5. The highest BCUT2D eigenvalue weighted by Crippen LogP contribution is 2.50. The van der Waals surface area contributed by atoms with Gasteiger partial charge in [0.2, 0.25) is 5.88 Å². The highest BCUT2D eigenvalue weighted by molar-refractivity contribution is 6.31. The Morgan fingerprint density at radius 2 is 1.92 bits per heavy atom. The summed E-state index contributed by atoms with van der Waals surface area (Å²) >= 11 is 6.55.